The number of carbonyl (C=O) groups is 3. The number of fused-ring (bicyclic) bond motifs is 1. The van der Waals surface area contributed by atoms with Gasteiger partial charge in [0, 0.05) is 4.90 Å². The summed E-state index contributed by atoms with van der Waals surface area (Å²) in [5.74, 6) is -1.07. The van der Waals surface area contributed by atoms with Gasteiger partial charge in [0.25, 0.3) is 5.91 Å². The van der Waals surface area contributed by atoms with Crippen LogP contribution < -0.4 is 10.2 Å². The van der Waals surface area contributed by atoms with E-state index in [0.29, 0.717) is 11.4 Å². The summed E-state index contributed by atoms with van der Waals surface area (Å²) in [6, 6.07) is 14.8. The third kappa shape index (κ3) is 4.49. The van der Waals surface area contributed by atoms with Crippen molar-refractivity contribution in [3.8, 4) is 0 Å². The molecule has 1 aliphatic heterocycles. The minimum absolute atomic E-state index is 0.101. The highest BCUT2D eigenvalue weighted by molar-refractivity contribution is 8.00. The van der Waals surface area contributed by atoms with Gasteiger partial charge in [0.2, 0.25) is 5.91 Å². The van der Waals surface area contributed by atoms with Gasteiger partial charge in [-0.25, -0.2) is 0 Å². The first kappa shape index (κ1) is 19.0. The smallest absolute Gasteiger partial charge is 0.317 e. The number of nitrogens with zero attached hydrogens (tertiary/aromatic N) is 1. The van der Waals surface area contributed by atoms with Gasteiger partial charge in [0.15, 0.2) is 6.10 Å². The highest BCUT2D eigenvalue weighted by Gasteiger charge is 2.31. The minimum Gasteiger partial charge on any atom is -0.452 e. The molecule has 0 saturated heterocycles. The van der Waals surface area contributed by atoms with Crippen molar-refractivity contribution >= 4 is 40.9 Å². The van der Waals surface area contributed by atoms with Gasteiger partial charge < -0.3 is 10.1 Å². The van der Waals surface area contributed by atoms with Gasteiger partial charge >= 0.3 is 5.97 Å². The molecule has 7 heteroatoms. The topological polar surface area (TPSA) is 75.7 Å². The van der Waals surface area contributed by atoms with E-state index in [1.165, 1.54) is 23.6 Å². The Morgan fingerprint density at radius 1 is 1.19 bits per heavy atom. The Kier molecular flexibility index (Phi) is 5.81. The number of aryl methyl sites for hydroxylation is 1. The van der Waals surface area contributed by atoms with Gasteiger partial charge in [0.05, 0.1) is 17.1 Å². The molecule has 1 N–H and O–H groups in total. The Morgan fingerprint density at radius 3 is 2.67 bits per heavy atom. The van der Waals surface area contributed by atoms with Crippen molar-refractivity contribution in [2.75, 3.05) is 22.5 Å². The van der Waals surface area contributed by atoms with Crippen LogP contribution >= 0.6 is 11.8 Å². The van der Waals surface area contributed by atoms with Crippen LogP contribution in [0.1, 0.15) is 12.5 Å². The van der Waals surface area contributed by atoms with Crippen LogP contribution in [0.3, 0.4) is 0 Å². The van der Waals surface area contributed by atoms with Gasteiger partial charge in [-0.05, 0) is 37.6 Å². The molecule has 0 aliphatic carbocycles. The molecule has 0 radical (unpaired) electrons. The molecule has 0 aromatic heterocycles. The SMILES string of the molecule is Cc1ccccc1SCC(=O)O[C@H](C)C(=O)N1CC(=O)Nc2ccccc21. The molecule has 3 rings (SSSR count). The van der Waals surface area contributed by atoms with E-state index in [1.807, 2.05) is 31.2 Å². The van der Waals surface area contributed by atoms with Crippen LogP contribution in [0.4, 0.5) is 11.4 Å². The molecule has 0 fully saturated rings. The Hall–Kier alpha value is -2.80. The van der Waals surface area contributed by atoms with E-state index in [-0.39, 0.29) is 18.2 Å². The largest absolute Gasteiger partial charge is 0.452 e. The molecule has 0 unspecified atom stereocenters. The predicted octanol–water partition coefficient (Wildman–Crippen LogP) is 3.00. The third-order valence-electron chi connectivity index (χ3n) is 4.13. The Morgan fingerprint density at radius 2 is 1.89 bits per heavy atom. The first-order valence-corrected chi connectivity index (χ1v) is 9.52. The summed E-state index contributed by atoms with van der Waals surface area (Å²) < 4.78 is 5.29. The number of ether oxygens (including phenoxy) is 1. The maximum absolute atomic E-state index is 12.7. The lowest BCUT2D eigenvalue weighted by Gasteiger charge is -2.30. The average Bonchev–Trinajstić information content (AvgIpc) is 2.66. The van der Waals surface area contributed by atoms with Gasteiger partial charge in [-0.2, -0.15) is 0 Å². The lowest BCUT2D eigenvalue weighted by atomic mass is 10.1. The van der Waals surface area contributed by atoms with Crippen LogP contribution in [-0.4, -0.2) is 36.2 Å². The zero-order valence-electron chi connectivity index (χ0n) is 15.1. The van der Waals surface area contributed by atoms with E-state index in [4.69, 9.17) is 4.74 Å². The number of nitrogens with one attached hydrogen (secondary N) is 1. The van der Waals surface area contributed by atoms with Gasteiger partial charge in [0.1, 0.15) is 6.54 Å². The lowest BCUT2D eigenvalue weighted by molar-refractivity contribution is -0.151. The second-order valence-electron chi connectivity index (χ2n) is 6.18. The van der Waals surface area contributed by atoms with E-state index in [0.717, 1.165) is 10.5 Å². The van der Waals surface area contributed by atoms with Crippen LogP contribution in [-0.2, 0) is 19.1 Å². The van der Waals surface area contributed by atoms with Crippen molar-refractivity contribution < 1.29 is 19.1 Å². The molecule has 6 nitrogen and oxygen atoms in total. The molecule has 27 heavy (non-hydrogen) atoms. The van der Waals surface area contributed by atoms with Crippen molar-refractivity contribution in [3.05, 3.63) is 54.1 Å². The molecule has 1 heterocycles. The number of carbonyl (C=O) groups excluding carboxylic acids is 3. The maximum Gasteiger partial charge on any atom is 0.317 e. The van der Waals surface area contributed by atoms with Crippen LogP contribution in [0.2, 0.25) is 0 Å². The molecule has 140 valence electrons. The minimum atomic E-state index is -0.978. The number of benzene rings is 2. The molecule has 0 bridgehead atoms. The number of hydrogen-bond acceptors (Lipinski definition) is 5. The zero-order valence-corrected chi connectivity index (χ0v) is 15.9. The number of amides is 2. The standard InChI is InChI=1S/C20H20N2O4S/c1-13-7-3-6-10-17(13)27-12-19(24)26-14(2)20(25)22-11-18(23)21-15-8-4-5-9-16(15)22/h3-10,14H,11-12H2,1-2H3,(H,21,23)/t14-/m1/s1. The predicted molar refractivity (Wildman–Crippen MR) is 105 cm³/mol. The van der Waals surface area contributed by atoms with Crippen molar-refractivity contribution in [3.63, 3.8) is 0 Å². The summed E-state index contributed by atoms with van der Waals surface area (Å²) in [5, 5.41) is 2.72. The normalized spacial score (nSPS) is 14.1. The second-order valence-corrected chi connectivity index (χ2v) is 7.19. The van der Waals surface area contributed by atoms with Crippen molar-refractivity contribution in [1.29, 1.82) is 0 Å². The number of hydrogen-bond donors (Lipinski definition) is 1. The molecule has 0 saturated carbocycles. The van der Waals surface area contributed by atoms with Crippen LogP contribution in [0, 0.1) is 6.92 Å². The van der Waals surface area contributed by atoms with E-state index in [1.54, 1.807) is 24.3 Å². The highest BCUT2D eigenvalue weighted by Crippen LogP contribution is 2.29. The fraction of sp³-hybridized carbons (Fsp3) is 0.250. The first-order valence-electron chi connectivity index (χ1n) is 8.54. The van der Waals surface area contributed by atoms with E-state index in [2.05, 4.69) is 5.32 Å². The molecular weight excluding hydrogens is 364 g/mol. The second kappa shape index (κ2) is 8.26. The lowest BCUT2D eigenvalue weighted by Crippen LogP contribution is -2.47. The Labute approximate surface area is 161 Å². The maximum atomic E-state index is 12.7. The first-order chi connectivity index (χ1) is 13.0. The summed E-state index contributed by atoms with van der Waals surface area (Å²) in [6.45, 7) is 3.39. The fourth-order valence-corrected chi connectivity index (χ4v) is 3.60. The zero-order chi connectivity index (χ0) is 19.4. The number of esters is 1. The number of para-hydroxylation sites is 2. The summed E-state index contributed by atoms with van der Waals surface area (Å²) in [7, 11) is 0. The van der Waals surface area contributed by atoms with Gasteiger partial charge in [-0.15, -0.1) is 11.8 Å². The summed E-state index contributed by atoms with van der Waals surface area (Å²) in [6.07, 6.45) is -0.978. The van der Waals surface area contributed by atoms with Gasteiger partial charge in [-0.1, -0.05) is 30.3 Å². The van der Waals surface area contributed by atoms with Crippen molar-refractivity contribution in [2.45, 2.75) is 24.8 Å². The summed E-state index contributed by atoms with van der Waals surface area (Å²) >= 11 is 1.37. The van der Waals surface area contributed by atoms with E-state index < -0.39 is 18.0 Å². The summed E-state index contributed by atoms with van der Waals surface area (Å²) in [4.78, 5) is 39.1. The molecule has 2 aromatic rings. The van der Waals surface area contributed by atoms with Crippen molar-refractivity contribution in [1.82, 2.24) is 0 Å². The Balaban J connectivity index is 1.61. The highest BCUT2D eigenvalue weighted by atomic mass is 32.2. The van der Waals surface area contributed by atoms with Crippen LogP contribution in [0.25, 0.3) is 0 Å². The molecule has 0 spiro atoms. The quantitative estimate of drug-likeness (QED) is 0.634. The molecular formula is C20H20N2O4S. The fourth-order valence-electron chi connectivity index (χ4n) is 2.79. The van der Waals surface area contributed by atoms with E-state index >= 15 is 0 Å². The number of rotatable bonds is 5. The summed E-state index contributed by atoms with van der Waals surface area (Å²) in [5.41, 5.74) is 2.24. The number of thioether (sulfide) groups is 1. The average molecular weight is 384 g/mol. The van der Waals surface area contributed by atoms with E-state index in [9.17, 15) is 14.4 Å². The Bertz CT molecular complexity index is 884. The molecule has 1 atom stereocenters. The molecule has 2 aromatic carbocycles. The third-order valence-corrected chi connectivity index (χ3v) is 5.28. The number of anilines is 2. The molecule has 1 aliphatic rings. The van der Waals surface area contributed by atoms with Crippen LogP contribution in [0.15, 0.2) is 53.4 Å². The van der Waals surface area contributed by atoms with Gasteiger partial charge in [-0.3, -0.25) is 19.3 Å². The van der Waals surface area contributed by atoms with Crippen molar-refractivity contribution in [2.24, 2.45) is 0 Å². The van der Waals surface area contributed by atoms with Crippen LogP contribution in [0.5, 0.6) is 0 Å². The molecule has 2 amide bonds. The monoisotopic (exact) mass is 384 g/mol.